The van der Waals surface area contributed by atoms with Gasteiger partial charge in [-0.25, -0.2) is 0 Å². The van der Waals surface area contributed by atoms with Crippen LogP contribution < -0.4 is 0 Å². The number of nitrogens with zero attached hydrogens (tertiary/aromatic N) is 2. The highest BCUT2D eigenvalue weighted by Crippen LogP contribution is 2.25. The maximum absolute atomic E-state index is 12.3. The summed E-state index contributed by atoms with van der Waals surface area (Å²) < 4.78 is 2.22. The molecule has 0 unspecified atom stereocenters. The first-order valence-corrected chi connectivity index (χ1v) is 6.93. The van der Waals surface area contributed by atoms with Crippen molar-refractivity contribution in [3.05, 3.63) is 34.3 Å². The molecule has 0 saturated carbocycles. The van der Waals surface area contributed by atoms with Crippen molar-refractivity contribution in [3.63, 3.8) is 0 Å². The Bertz CT molecular complexity index is 437. The average Bonchev–Trinajstić information content (AvgIpc) is 2.36. The molecule has 0 aliphatic rings. The first-order valence-electron chi connectivity index (χ1n) is 5.79. The number of hydrogen-bond donors (Lipinski definition) is 0. The highest BCUT2D eigenvalue weighted by Gasteiger charge is 2.30. The molecule has 0 radical (unpaired) electrons. The van der Waals surface area contributed by atoms with Crippen molar-refractivity contribution in [2.45, 2.75) is 32.7 Å². The molecular formula is C13H18BrClN2O. The van der Waals surface area contributed by atoms with Gasteiger partial charge in [-0.15, -0.1) is 4.53 Å². The van der Waals surface area contributed by atoms with E-state index in [2.05, 4.69) is 15.9 Å². The maximum Gasteiger partial charge on any atom is 0.270 e. The number of rotatable bonds is 4. The van der Waals surface area contributed by atoms with Gasteiger partial charge in [0.05, 0.1) is 11.1 Å². The number of carbonyl (C=O) groups excluding carboxylic acids is 1. The van der Waals surface area contributed by atoms with Gasteiger partial charge in [0, 0.05) is 23.3 Å². The Labute approximate surface area is 122 Å². The molecule has 1 amide bonds. The van der Waals surface area contributed by atoms with Gasteiger partial charge in [-0.05, 0) is 48.3 Å². The highest BCUT2D eigenvalue weighted by atomic mass is 79.9. The van der Waals surface area contributed by atoms with Gasteiger partial charge >= 0.3 is 0 Å². The Morgan fingerprint density at radius 3 is 2.44 bits per heavy atom. The lowest BCUT2D eigenvalue weighted by Gasteiger charge is -2.37. The Hall–Kier alpha value is -0.580. The minimum absolute atomic E-state index is 0.140. The molecule has 18 heavy (non-hydrogen) atoms. The lowest BCUT2D eigenvalue weighted by Crippen LogP contribution is -2.49. The van der Waals surface area contributed by atoms with Crippen molar-refractivity contribution < 1.29 is 4.79 Å². The molecule has 5 heteroatoms. The summed E-state index contributed by atoms with van der Waals surface area (Å²) in [6, 6.07) is 7.31. The van der Waals surface area contributed by atoms with Gasteiger partial charge in [0.25, 0.3) is 5.91 Å². The topological polar surface area (TPSA) is 23.6 Å². The van der Waals surface area contributed by atoms with Crippen molar-refractivity contribution in [1.29, 1.82) is 0 Å². The molecule has 0 fully saturated rings. The number of hydrazine groups is 1. The second-order valence-corrected chi connectivity index (χ2v) is 5.91. The molecule has 100 valence electrons. The van der Waals surface area contributed by atoms with E-state index in [-0.39, 0.29) is 11.4 Å². The minimum atomic E-state index is -0.285. The minimum Gasteiger partial charge on any atom is -0.268 e. The van der Waals surface area contributed by atoms with Crippen molar-refractivity contribution >= 4 is 33.6 Å². The predicted octanol–water partition coefficient (Wildman–Crippen LogP) is 4.08. The quantitative estimate of drug-likeness (QED) is 0.612. The normalized spacial score (nSPS) is 11.7. The lowest BCUT2D eigenvalue weighted by atomic mass is 10.0. The maximum atomic E-state index is 12.3. The van der Waals surface area contributed by atoms with Crippen LogP contribution in [0.25, 0.3) is 0 Å². The van der Waals surface area contributed by atoms with Crippen molar-refractivity contribution in [1.82, 2.24) is 9.54 Å². The number of carbonyl (C=O) groups is 1. The molecule has 0 aromatic heterocycles. The van der Waals surface area contributed by atoms with E-state index >= 15 is 0 Å². The Balaban J connectivity index is 2.95. The van der Waals surface area contributed by atoms with E-state index in [9.17, 15) is 4.79 Å². The Kier molecular flexibility index (Phi) is 5.20. The van der Waals surface area contributed by atoms with Crippen molar-refractivity contribution in [3.8, 4) is 0 Å². The van der Waals surface area contributed by atoms with E-state index < -0.39 is 0 Å². The monoisotopic (exact) mass is 332 g/mol. The molecule has 1 rings (SSSR count). The third-order valence-corrected chi connectivity index (χ3v) is 4.40. The van der Waals surface area contributed by atoms with Gasteiger partial charge in [0.15, 0.2) is 0 Å². The summed E-state index contributed by atoms with van der Waals surface area (Å²) in [7, 11) is 1.67. The molecule has 0 aliphatic heterocycles. The highest BCUT2D eigenvalue weighted by molar-refractivity contribution is 9.10. The van der Waals surface area contributed by atoms with Crippen LogP contribution in [0.3, 0.4) is 0 Å². The second-order valence-electron chi connectivity index (χ2n) is 4.73. The summed E-state index contributed by atoms with van der Waals surface area (Å²) in [5, 5.41) is 1.44. The van der Waals surface area contributed by atoms with Crippen LogP contribution in [0.2, 0.25) is 0 Å². The smallest absolute Gasteiger partial charge is 0.268 e. The number of halogens is 2. The largest absolute Gasteiger partial charge is 0.270 e. The van der Waals surface area contributed by atoms with Crippen molar-refractivity contribution in [2.75, 3.05) is 7.05 Å². The Morgan fingerprint density at radius 2 is 1.94 bits per heavy atom. The molecule has 0 saturated heterocycles. The fraction of sp³-hybridized carbons (Fsp3) is 0.462. The molecule has 0 atom stereocenters. The van der Waals surface area contributed by atoms with E-state index in [0.29, 0.717) is 5.56 Å². The first-order chi connectivity index (χ1) is 8.31. The molecule has 0 spiro atoms. The average molecular weight is 334 g/mol. The van der Waals surface area contributed by atoms with Crippen LogP contribution in [-0.2, 0) is 0 Å². The third-order valence-electron chi connectivity index (χ3n) is 3.03. The van der Waals surface area contributed by atoms with Gasteiger partial charge in [0.2, 0.25) is 0 Å². The fourth-order valence-corrected chi connectivity index (χ4v) is 2.07. The van der Waals surface area contributed by atoms with Crippen LogP contribution in [-0.4, -0.2) is 28.0 Å². The van der Waals surface area contributed by atoms with Crippen LogP contribution in [0.15, 0.2) is 28.7 Å². The zero-order valence-corrected chi connectivity index (χ0v) is 13.4. The van der Waals surface area contributed by atoms with E-state index in [1.54, 1.807) is 13.1 Å². The lowest BCUT2D eigenvalue weighted by molar-refractivity contribution is 0.00937. The fourth-order valence-electron chi connectivity index (χ4n) is 1.43. The van der Waals surface area contributed by atoms with E-state index in [1.807, 2.05) is 39.0 Å². The van der Waals surface area contributed by atoms with Crippen LogP contribution in [0, 0.1) is 0 Å². The van der Waals surface area contributed by atoms with E-state index in [1.165, 1.54) is 9.54 Å². The Morgan fingerprint density at radius 1 is 1.39 bits per heavy atom. The summed E-state index contributed by atoms with van der Waals surface area (Å²) >= 11 is 9.62. The molecule has 0 aliphatic carbocycles. The molecule has 0 N–H and O–H groups in total. The van der Waals surface area contributed by atoms with Gasteiger partial charge in [-0.2, -0.15) is 0 Å². The third kappa shape index (κ3) is 3.25. The molecule has 3 nitrogen and oxygen atoms in total. The number of amides is 1. The van der Waals surface area contributed by atoms with Crippen molar-refractivity contribution in [2.24, 2.45) is 0 Å². The van der Waals surface area contributed by atoms with Crippen LogP contribution in [0.4, 0.5) is 0 Å². The molecule has 0 heterocycles. The standard InChI is InChI=1S/C13H18BrClN2O/c1-5-13(2,3)17(15)16(4)12(18)10-8-6-7-9-11(10)14/h6-9H,5H2,1-4H3. The molecular weight excluding hydrogens is 316 g/mol. The second kappa shape index (κ2) is 6.04. The SMILES string of the molecule is CCC(C)(C)N(Cl)N(C)C(=O)c1ccccc1Br. The first kappa shape index (κ1) is 15.5. The summed E-state index contributed by atoms with van der Waals surface area (Å²) in [6.07, 6.45) is 0.837. The van der Waals surface area contributed by atoms with Crippen LogP contribution in [0.1, 0.15) is 37.6 Å². The predicted molar refractivity (Wildman–Crippen MR) is 78.3 cm³/mol. The van der Waals surface area contributed by atoms with Crippen LogP contribution in [0.5, 0.6) is 0 Å². The zero-order valence-electron chi connectivity index (χ0n) is 11.1. The van der Waals surface area contributed by atoms with E-state index in [0.717, 1.165) is 10.9 Å². The van der Waals surface area contributed by atoms with E-state index in [4.69, 9.17) is 11.8 Å². The molecule has 1 aromatic rings. The number of benzene rings is 1. The molecule has 0 bridgehead atoms. The summed E-state index contributed by atoms with van der Waals surface area (Å²) in [5.74, 6) is -0.140. The van der Waals surface area contributed by atoms with Gasteiger partial charge in [0.1, 0.15) is 0 Å². The zero-order chi connectivity index (χ0) is 13.9. The van der Waals surface area contributed by atoms with Gasteiger partial charge < -0.3 is 0 Å². The summed E-state index contributed by atoms with van der Waals surface area (Å²) in [5.41, 5.74) is 0.310. The summed E-state index contributed by atoms with van der Waals surface area (Å²) in [4.78, 5) is 12.3. The summed E-state index contributed by atoms with van der Waals surface area (Å²) in [6.45, 7) is 6.01. The van der Waals surface area contributed by atoms with Gasteiger partial charge in [-0.3, -0.25) is 9.80 Å². The van der Waals surface area contributed by atoms with Crippen LogP contribution >= 0.6 is 27.7 Å². The van der Waals surface area contributed by atoms with Gasteiger partial charge in [-0.1, -0.05) is 19.1 Å². The number of hydrogen-bond acceptors (Lipinski definition) is 2. The molecule has 1 aromatic carbocycles.